The lowest BCUT2D eigenvalue weighted by atomic mass is 9.94. The molecule has 0 radical (unpaired) electrons. The Morgan fingerprint density at radius 2 is 2.00 bits per heavy atom. The molecule has 3 nitrogen and oxygen atoms in total. The molecule has 14 heavy (non-hydrogen) atoms. The third-order valence-electron chi connectivity index (χ3n) is 2.32. The molecule has 0 spiro atoms. The molecule has 0 fully saturated rings. The Morgan fingerprint density at radius 1 is 1.36 bits per heavy atom. The zero-order valence-electron chi connectivity index (χ0n) is 9.73. The number of nitrogens with one attached hydrogen (secondary N) is 1. The third-order valence-corrected chi connectivity index (χ3v) is 2.32. The zero-order valence-corrected chi connectivity index (χ0v) is 9.73. The summed E-state index contributed by atoms with van der Waals surface area (Å²) in [7, 11) is 0. The van der Waals surface area contributed by atoms with Crippen LogP contribution in [-0.2, 0) is 4.79 Å². The number of amides is 1. The van der Waals surface area contributed by atoms with Crippen molar-refractivity contribution in [3.8, 4) is 0 Å². The van der Waals surface area contributed by atoms with Crippen molar-refractivity contribution < 1.29 is 4.79 Å². The van der Waals surface area contributed by atoms with E-state index in [4.69, 9.17) is 5.73 Å². The second-order valence-corrected chi connectivity index (χ2v) is 4.60. The van der Waals surface area contributed by atoms with E-state index in [9.17, 15) is 4.79 Å². The maximum Gasteiger partial charge on any atom is 0.220 e. The summed E-state index contributed by atoms with van der Waals surface area (Å²) in [6.45, 7) is 7.52. The van der Waals surface area contributed by atoms with E-state index in [1.54, 1.807) is 0 Å². The molecule has 0 unspecified atom stereocenters. The number of unbranched alkanes of at least 4 members (excludes halogenated alkanes) is 2. The van der Waals surface area contributed by atoms with Crippen molar-refractivity contribution in [2.45, 2.75) is 46.5 Å². The van der Waals surface area contributed by atoms with Crippen molar-refractivity contribution in [1.29, 1.82) is 0 Å². The fourth-order valence-electron chi connectivity index (χ4n) is 1.03. The van der Waals surface area contributed by atoms with Crippen LogP contribution in [0.4, 0.5) is 0 Å². The standard InChI is InChI=1S/C11H24N2O/c1-4-5-6-7-10(14)13-9-11(2,3)8-12/h4-9,12H2,1-3H3,(H,13,14). The van der Waals surface area contributed by atoms with Gasteiger partial charge in [0.25, 0.3) is 0 Å². The van der Waals surface area contributed by atoms with Gasteiger partial charge >= 0.3 is 0 Å². The summed E-state index contributed by atoms with van der Waals surface area (Å²) in [5.41, 5.74) is 5.58. The molecule has 0 rings (SSSR count). The van der Waals surface area contributed by atoms with Gasteiger partial charge in [-0.1, -0.05) is 33.6 Å². The summed E-state index contributed by atoms with van der Waals surface area (Å²) in [6, 6.07) is 0. The lowest BCUT2D eigenvalue weighted by Crippen LogP contribution is -2.38. The quantitative estimate of drug-likeness (QED) is 0.614. The van der Waals surface area contributed by atoms with Crippen LogP contribution >= 0.6 is 0 Å². The van der Waals surface area contributed by atoms with Gasteiger partial charge in [0.15, 0.2) is 0 Å². The normalized spacial score (nSPS) is 11.4. The largest absolute Gasteiger partial charge is 0.356 e. The molecule has 0 heterocycles. The van der Waals surface area contributed by atoms with Gasteiger partial charge in [-0.15, -0.1) is 0 Å². The fraction of sp³-hybridized carbons (Fsp3) is 0.909. The molecule has 0 saturated heterocycles. The summed E-state index contributed by atoms with van der Waals surface area (Å²) in [4.78, 5) is 11.3. The Balaban J connectivity index is 3.53. The van der Waals surface area contributed by atoms with Crippen LogP contribution in [0, 0.1) is 5.41 Å². The molecule has 0 aromatic carbocycles. The van der Waals surface area contributed by atoms with Crippen LogP contribution in [0.2, 0.25) is 0 Å². The Kier molecular flexibility index (Phi) is 6.54. The molecular formula is C11H24N2O. The number of nitrogens with two attached hydrogens (primary N) is 1. The number of carbonyl (C=O) groups is 1. The van der Waals surface area contributed by atoms with Gasteiger partial charge in [0.2, 0.25) is 5.91 Å². The molecule has 84 valence electrons. The number of hydrogen-bond acceptors (Lipinski definition) is 2. The molecule has 0 aliphatic rings. The highest BCUT2D eigenvalue weighted by Crippen LogP contribution is 2.10. The molecule has 0 aliphatic carbocycles. The molecule has 0 aliphatic heterocycles. The van der Waals surface area contributed by atoms with E-state index >= 15 is 0 Å². The molecule has 0 atom stereocenters. The first-order valence-corrected chi connectivity index (χ1v) is 5.48. The molecule has 0 aromatic heterocycles. The fourth-order valence-corrected chi connectivity index (χ4v) is 1.03. The SMILES string of the molecule is CCCCCC(=O)NCC(C)(C)CN. The monoisotopic (exact) mass is 200 g/mol. The van der Waals surface area contributed by atoms with Crippen molar-refractivity contribution in [2.24, 2.45) is 11.1 Å². The predicted octanol–water partition coefficient (Wildman–Crippen LogP) is 1.67. The van der Waals surface area contributed by atoms with Crippen molar-refractivity contribution in [2.75, 3.05) is 13.1 Å². The van der Waals surface area contributed by atoms with E-state index in [0.29, 0.717) is 19.5 Å². The summed E-state index contributed by atoms with van der Waals surface area (Å²) in [5.74, 6) is 0.153. The van der Waals surface area contributed by atoms with Crippen LogP contribution in [0.5, 0.6) is 0 Å². The summed E-state index contributed by atoms with van der Waals surface area (Å²) >= 11 is 0. The van der Waals surface area contributed by atoms with Gasteiger partial charge in [0.1, 0.15) is 0 Å². The van der Waals surface area contributed by atoms with Gasteiger partial charge in [-0.25, -0.2) is 0 Å². The Morgan fingerprint density at radius 3 is 2.50 bits per heavy atom. The molecule has 1 amide bonds. The van der Waals surface area contributed by atoms with Gasteiger partial charge in [-0.05, 0) is 18.4 Å². The van der Waals surface area contributed by atoms with Crippen LogP contribution in [-0.4, -0.2) is 19.0 Å². The highest BCUT2D eigenvalue weighted by atomic mass is 16.1. The highest BCUT2D eigenvalue weighted by Gasteiger charge is 2.15. The molecule has 0 saturated carbocycles. The number of hydrogen-bond donors (Lipinski definition) is 2. The summed E-state index contributed by atoms with van der Waals surface area (Å²) in [5, 5.41) is 2.91. The van der Waals surface area contributed by atoms with Crippen molar-refractivity contribution in [1.82, 2.24) is 5.32 Å². The second kappa shape index (κ2) is 6.82. The lowest BCUT2D eigenvalue weighted by Gasteiger charge is -2.22. The highest BCUT2D eigenvalue weighted by molar-refractivity contribution is 5.75. The Hall–Kier alpha value is -0.570. The Labute approximate surface area is 87.4 Å². The maximum absolute atomic E-state index is 11.3. The molecule has 3 N–H and O–H groups in total. The van der Waals surface area contributed by atoms with Gasteiger partial charge in [0.05, 0.1) is 0 Å². The van der Waals surface area contributed by atoms with Crippen LogP contribution in [0.1, 0.15) is 46.5 Å². The molecular weight excluding hydrogens is 176 g/mol. The first-order chi connectivity index (χ1) is 6.52. The van der Waals surface area contributed by atoms with E-state index in [1.807, 2.05) is 0 Å². The number of carbonyl (C=O) groups excluding carboxylic acids is 1. The molecule has 0 aromatic rings. The molecule has 0 bridgehead atoms. The zero-order chi connectivity index (χ0) is 11.0. The minimum absolute atomic E-state index is 0.0143. The van der Waals surface area contributed by atoms with Gasteiger partial charge in [-0.2, -0.15) is 0 Å². The molecule has 3 heteroatoms. The van der Waals surface area contributed by atoms with Crippen LogP contribution in [0.25, 0.3) is 0 Å². The van der Waals surface area contributed by atoms with Crippen LogP contribution < -0.4 is 11.1 Å². The smallest absolute Gasteiger partial charge is 0.220 e. The third kappa shape index (κ3) is 6.89. The van der Waals surface area contributed by atoms with Gasteiger partial charge in [0, 0.05) is 13.0 Å². The number of rotatable bonds is 7. The van der Waals surface area contributed by atoms with E-state index in [0.717, 1.165) is 19.3 Å². The lowest BCUT2D eigenvalue weighted by molar-refractivity contribution is -0.121. The van der Waals surface area contributed by atoms with E-state index in [1.165, 1.54) is 0 Å². The summed E-state index contributed by atoms with van der Waals surface area (Å²) in [6.07, 6.45) is 3.93. The van der Waals surface area contributed by atoms with Crippen molar-refractivity contribution >= 4 is 5.91 Å². The average molecular weight is 200 g/mol. The predicted molar refractivity (Wildman–Crippen MR) is 60.0 cm³/mol. The van der Waals surface area contributed by atoms with Crippen molar-refractivity contribution in [3.63, 3.8) is 0 Å². The van der Waals surface area contributed by atoms with E-state index < -0.39 is 0 Å². The maximum atomic E-state index is 11.3. The van der Waals surface area contributed by atoms with Crippen molar-refractivity contribution in [3.05, 3.63) is 0 Å². The first-order valence-electron chi connectivity index (χ1n) is 5.48. The topological polar surface area (TPSA) is 55.1 Å². The van der Waals surface area contributed by atoms with Crippen LogP contribution in [0.3, 0.4) is 0 Å². The van der Waals surface area contributed by atoms with E-state index in [2.05, 4.69) is 26.1 Å². The van der Waals surface area contributed by atoms with Gasteiger partial charge in [-0.3, -0.25) is 4.79 Å². The van der Waals surface area contributed by atoms with Crippen LogP contribution in [0.15, 0.2) is 0 Å². The Bertz CT molecular complexity index is 167. The second-order valence-electron chi connectivity index (χ2n) is 4.60. The first kappa shape index (κ1) is 13.4. The minimum atomic E-state index is 0.0143. The van der Waals surface area contributed by atoms with Gasteiger partial charge < -0.3 is 11.1 Å². The summed E-state index contributed by atoms with van der Waals surface area (Å²) < 4.78 is 0. The van der Waals surface area contributed by atoms with E-state index in [-0.39, 0.29) is 11.3 Å². The minimum Gasteiger partial charge on any atom is -0.356 e. The average Bonchev–Trinajstić information content (AvgIpc) is 2.16.